The summed E-state index contributed by atoms with van der Waals surface area (Å²) >= 11 is 3.41. The van der Waals surface area contributed by atoms with Gasteiger partial charge in [0.1, 0.15) is 0 Å². The number of benzene rings is 1. The van der Waals surface area contributed by atoms with Gasteiger partial charge in [0.2, 0.25) is 0 Å². The average Bonchev–Trinajstić information content (AvgIpc) is 3.06. The molecule has 1 aromatic carbocycles. The molecule has 0 saturated carbocycles. The van der Waals surface area contributed by atoms with Crippen LogP contribution in [-0.4, -0.2) is 54.7 Å². The van der Waals surface area contributed by atoms with Crippen LogP contribution in [0.15, 0.2) is 34.5 Å². The molecule has 0 radical (unpaired) electrons. The zero-order valence-corrected chi connectivity index (χ0v) is 16.9. The van der Waals surface area contributed by atoms with Gasteiger partial charge in [-0.2, -0.15) is 0 Å². The number of thiazole rings is 1. The van der Waals surface area contributed by atoms with Crippen molar-refractivity contribution in [3.8, 4) is 0 Å². The molecule has 1 unspecified atom stereocenters. The molecule has 5 nitrogen and oxygen atoms in total. The molecule has 1 aliphatic rings. The lowest BCUT2D eigenvalue weighted by molar-refractivity contribution is 0.0342. The first kappa shape index (κ1) is 19.4. The zero-order chi connectivity index (χ0) is 18.4. The Hall–Kier alpha value is -1.41. The van der Waals surface area contributed by atoms with Gasteiger partial charge in [-0.25, -0.2) is 4.98 Å². The summed E-state index contributed by atoms with van der Waals surface area (Å²) in [5.74, 6) is 0.837. The van der Waals surface area contributed by atoms with E-state index in [9.17, 15) is 4.79 Å². The van der Waals surface area contributed by atoms with Crippen LogP contribution in [0.5, 0.6) is 0 Å². The van der Waals surface area contributed by atoms with E-state index in [1.807, 2.05) is 38.1 Å². The van der Waals surface area contributed by atoms with Crippen LogP contribution in [0.2, 0.25) is 0 Å². The Morgan fingerprint density at radius 3 is 2.73 bits per heavy atom. The Balaban J connectivity index is 1.46. The van der Waals surface area contributed by atoms with Crippen LogP contribution in [0, 0.1) is 6.92 Å². The number of aromatic nitrogens is 1. The third-order valence-corrected chi connectivity index (χ3v) is 6.05. The third-order valence-electron chi connectivity index (χ3n) is 4.18. The van der Waals surface area contributed by atoms with Crippen molar-refractivity contribution >= 4 is 29.0 Å². The summed E-state index contributed by atoms with van der Waals surface area (Å²) in [6, 6.07) is 7.91. The van der Waals surface area contributed by atoms with E-state index < -0.39 is 0 Å². The second-order valence-corrected chi connectivity index (χ2v) is 8.57. The molecule has 1 N–H and O–H groups in total. The maximum absolute atomic E-state index is 12.4. The Bertz CT molecular complexity index is 712. The molecule has 2 aromatic rings. The summed E-state index contributed by atoms with van der Waals surface area (Å²) in [5, 5.41) is 6.28. The third kappa shape index (κ3) is 5.81. The molecule has 2 heterocycles. The van der Waals surface area contributed by atoms with Crippen molar-refractivity contribution in [3.05, 3.63) is 45.9 Å². The van der Waals surface area contributed by atoms with Gasteiger partial charge in [-0.3, -0.25) is 9.69 Å². The summed E-state index contributed by atoms with van der Waals surface area (Å²) in [7, 11) is 0. The number of aryl methyl sites for hydroxylation is 1. The first-order valence-corrected chi connectivity index (χ1v) is 10.7. The summed E-state index contributed by atoms with van der Waals surface area (Å²) < 4.78 is 5.36. The molecule has 0 aliphatic carbocycles. The number of nitrogens with zero attached hydrogens (tertiary/aromatic N) is 2. The van der Waals surface area contributed by atoms with Gasteiger partial charge < -0.3 is 10.1 Å². The number of nitrogens with one attached hydrogen (secondary N) is 1. The van der Waals surface area contributed by atoms with Crippen molar-refractivity contribution in [2.45, 2.75) is 30.5 Å². The van der Waals surface area contributed by atoms with Crippen molar-refractivity contribution < 1.29 is 9.53 Å². The van der Waals surface area contributed by atoms with Crippen LogP contribution >= 0.6 is 23.1 Å². The minimum absolute atomic E-state index is 0.0163. The second-order valence-electron chi connectivity index (χ2n) is 6.46. The molecular formula is C19H25N3O2S2. The van der Waals surface area contributed by atoms with E-state index in [1.165, 1.54) is 0 Å². The Morgan fingerprint density at radius 1 is 1.35 bits per heavy atom. The minimum atomic E-state index is -0.0163. The quantitative estimate of drug-likeness (QED) is 0.735. The zero-order valence-electron chi connectivity index (χ0n) is 15.2. The Labute approximate surface area is 163 Å². The van der Waals surface area contributed by atoms with Crippen LogP contribution in [0.3, 0.4) is 0 Å². The van der Waals surface area contributed by atoms with E-state index in [-0.39, 0.29) is 11.9 Å². The smallest absolute Gasteiger partial charge is 0.251 e. The van der Waals surface area contributed by atoms with E-state index in [0.29, 0.717) is 5.56 Å². The van der Waals surface area contributed by atoms with Gasteiger partial charge in [0, 0.05) is 47.3 Å². The fourth-order valence-corrected chi connectivity index (χ4v) is 4.37. The number of amides is 1. The largest absolute Gasteiger partial charge is 0.379 e. The molecule has 140 valence electrons. The van der Waals surface area contributed by atoms with Gasteiger partial charge in [-0.1, -0.05) is 0 Å². The van der Waals surface area contributed by atoms with Gasteiger partial charge in [0.05, 0.1) is 23.9 Å². The molecule has 7 heteroatoms. The van der Waals surface area contributed by atoms with Gasteiger partial charge in [0.25, 0.3) is 5.91 Å². The number of thioether (sulfide) groups is 1. The van der Waals surface area contributed by atoms with Crippen molar-refractivity contribution in [2.24, 2.45) is 0 Å². The van der Waals surface area contributed by atoms with E-state index >= 15 is 0 Å². The fourth-order valence-electron chi connectivity index (χ4n) is 2.86. The van der Waals surface area contributed by atoms with Gasteiger partial charge in [-0.15, -0.1) is 23.1 Å². The van der Waals surface area contributed by atoms with Crippen LogP contribution < -0.4 is 5.32 Å². The maximum atomic E-state index is 12.4. The molecule has 0 spiro atoms. The van der Waals surface area contributed by atoms with Crippen molar-refractivity contribution in [1.82, 2.24) is 15.2 Å². The van der Waals surface area contributed by atoms with Gasteiger partial charge >= 0.3 is 0 Å². The van der Waals surface area contributed by atoms with E-state index in [1.54, 1.807) is 23.1 Å². The summed E-state index contributed by atoms with van der Waals surface area (Å²) in [6.07, 6.45) is 0. The molecule has 3 rings (SSSR count). The lowest BCUT2D eigenvalue weighted by Crippen LogP contribution is -2.46. The van der Waals surface area contributed by atoms with E-state index in [4.69, 9.17) is 4.74 Å². The highest BCUT2D eigenvalue weighted by Gasteiger charge is 2.16. The number of rotatable bonds is 7. The average molecular weight is 392 g/mol. The van der Waals surface area contributed by atoms with Crippen LogP contribution in [-0.2, 0) is 10.5 Å². The number of hydrogen-bond acceptors (Lipinski definition) is 6. The highest BCUT2D eigenvalue weighted by Crippen LogP contribution is 2.23. The van der Waals surface area contributed by atoms with Crippen molar-refractivity contribution in [3.63, 3.8) is 0 Å². The van der Waals surface area contributed by atoms with E-state index in [0.717, 1.165) is 54.2 Å². The van der Waals surface area contributed by atoms with Crippen LogP contribution in [0.1, 0.15) is 28.0 Å². The monoisotopic (exact) mass is 391 g/mol. The highest BCUT2D eigenvalue weighted by atomic mass is 32.2. The predicted molar refractivity (Wildman–Crippen MR) is 107 cm³/mol. The number of hydrogen-bond donors (Lipinski definition) is 1. The molecule has 1 amide bonds. The number of carbonyl (C=O) groups is 1. The van der Waals surface area contributed by atoms with Crippen molar-refractivity contribution in [2.75, 3.05) is 32.8 Å². The lowest BCUT2D eigenvalue weighted by Gasteiger charge is -2.29. The standard InChI is InChI=1S/C19H25N3O2S2/c1-14(11-22-7-9-24-10-8-22)20-19(23)16-3-5-18(6-4-16)26-13-17-12-25-15(2)21-17/h3-6,12,14H,7-11,13H2,1-2H3,(H,20,23). The minimum Gasteiger partial charge on any atom is -0.379 e. The summed E-state index contributed by atoms with van der Waals surface area (Å²) in [4.78, 5) is 20.4. The number of ether oxygens (including phenoxy) is 1. The predicted octanol–water partition coefficient (Wildman–Crippen LogP) is 3.19. The molecule has 1 atom stereocenters. The molecular weight excluding hydrogens is 366 g/mol. The SMILES string of the molecule is Cc1nc(CSc2ccc(C(=O)NC(C)CN3CCOCC3)cc2)cs1. The first-order valence-electron chi connectivity index (χ1n) is 8.85. The molecule has 1 fully saturated rings. The number of carbonyl (C=O) groups excluding carboxylic acids is 1. The van der Waals surface area contributed by atoms with Crippen molar-refractivity contribution in [1.29, 1.82) is 0 Å². The first-order chi connectivity index (χ1) is 12.6. The van der Waals surface area contributed by atoms with Gasteiger partial charge in [0.15, 0.2) is 0 Å². The Morgan fingerprint density at radius 2 is 2.08 bits per heavy atom. The summed E-state index contributed by atoms with van der Waals surface area (Å²) in [6.45, 7) is 8.35. The summed E-state index contributed by atoms with van der Waals surface area (Å²) in [5.41, 5.74) is 1.81. The maximum Gasteiger partial charge on any atom is 0.251 e. The molecule has 1 aromatic heterocycles. The second kappa shape index (κ2) is 9.50. The molecule has 1 aliphatic heterocycles. The van der Waals surface area contributed by atoms with Crippen LogP contribution in [0.4, 0.5) is 0 Å². The topological polar surface area (TPSA) is 54.5 Å². The molecule has 1 saturated heterocycles. The normalized spacial score (nSPS) is 16.4. The fraction of sp³-hybridized carbons (Fsp3) is 0.474. The van der Waals surface area contributed by atoms with Gasteiger partial charge in [-0.05, 0) is 38.1 Å². The lowest BCUT2D eigenvalue weighted by atomic mass is 10.2. The van der Waals surface area contributed by atoms with Crippen LogP contribution in [0.25, 0.3) is 0 Å². The highest BCUT2D eigenvalue weighted by molar-refractivity contribution is 7.98. The molecule has 26 heavy (non-hydrogen) atoms. The Kier molecular flexibility index (Phi) is 7.07. The molecule has 0 bridgehead atoms. The van der Waals surface area contributed by atoms with E-state index in [2.05, 4.69) is 20.6 Å². The number of morpholine rings is 1.